The summed E-state index contributed by atoms with van der Waals surface area (Å²) in [6.07, 6.45) is -3.71. The monoisotopic (exact) mass is 540 g/mol. The van der Waals surface area contributed by atoms with Crippen LogP contribution in [0.25, 0.3) is 0 Å². The smallest absolute Gasteiger partial charge is 0.422 e. The molecule has 3 atom stereocenters. The van der Waals surface area contributed by atoms with E-state index >= 15 is 0 Å². The summed E-state index contributed by atoms with van der Waals surface area (Å²) in [6.45, 7) is 5.05. The summed E-state index contributed by atoms with van der Waals surface area (Å²) in [5.41, 5.74) is 5.59. The molecule has 4 rings (SSSR count). The molecule has 0 fully saturated rings. The number of amides is 1. The van der Waals surface area contributed by atoms with Gasteiger partial charge in [0.1, 0.15) is 33.3 Å². The third-order valence-electron chi connectivity index (χ3n) is 6.71. The zero-order valence-corrected chi connectivity index (χ0v) is 21.4. The van der Waals surface area contributed by atoms with Crippen molar-refractivity contribution < 1.29 is 35.9 Å². The SMILES string of the molecule is C[C@H]1C[C@@H]2[C@](C)(N=C(N)C(C)(C)S2(=O)=O)c2cc(NC(=O)c3ccc(OCC(F)(F)F)cn3)ccc2O1. The van der Waals surface area contributed by atoms with E-state index in [1.54, 1.807) is 32.0 Å². The first-order chi connectivity index (χ1) is 17.0. The summed E-state index contributed by atoms with van der Waals surface area (Å²) in [6, 6.07) is 7.23. The van der Waals surface area contributed by atoms with Gasteiger partial charge in [-0.3, -0.25) is 9.79 Å². The second kappa shape index (κ2) is 8.89. The minimum absolute atomic E-state index is 0.0155. The molecule has 1 aromatic heterocycles. The van der Waals surface area contributed by atoms with Crippen LogP contribution in [0.1, 0.15) is 50.2 Å². The Morgan fingerprint density at radius 1 is 1.24 bits per heavy atom. The number of halogens is 3. The largest absolute Gasteiger partial charge is 0.490 e. The zero-order chi connectivity index (χ0) is 27.4. The number of amidine groups is 1. The fourth-order valence-electron chi connectivity index (χ4n) is 4.48. The third kappa shape index (κ3) is 4.83. The number of carbonyl (C=O) groups excluding carboxylic acids is 1. The molecule has 13 heteroatoms. The van der Waals surface area contributed by atoms with Crippen LogP contribution in [0.15, 0.2) is 41.5 Å². The van der Waals surface area contributed by atoms with Crippen LogP contribution in [0.4, 0.5) is 18.9 Å². The maximum absolute atomic E-state index is 13.6. The molecule has 0 saturated carbocycles. The van der Waals surface area contributed by atoms with Crippen LogP contribution in [0.2, 0.25) is 0 Å². The van der Waals surface area contributed by atoms with Gasteiger partial charge in [-0.1, -0.05) is 0 Å². The minimum Gasteiger partial charge on any atom is -0.490 e. The Morgan fingerprint density at radius 2 is 1.95 bits per heavy atom. The molecule has 2 aromatic rings. The van der Waals surface area contributed by atoms with Gasteiger partial charge in [0.25, 0.3) is 5.91 Å². The molecule has 200 valence electrons. The van der Waals surface area contributed by atoms with Gasteiger partial charge >= 0.3 is 6.18 Å². The van der Waals surface area contributed by atoms with Gasteiger partial charge in [0, 0.05) is 17.7 Å². The highest BCUT2D eigenvalue weighted by atomic mass is 32.2. The van der Waals surface area contributed by atoms with Crippen LogP contribution in [0, 0.1) is 0 Å². The van der Waals surface area contributed by atoms with Gasteiger partial charge in [-0.2, -0.15) is 13.2 Å². The van der Waals surface area contributed by atoms with Crippen LogP contribution >= 0.6 is 0 Å². The van der Waals surface area contributed by atoms with Crippen molar-refractivity contribution >= 4 is 27.3 Å². The molecule has 0 bridgehead atoms. The van der Waals surface area contributed by atoms with E-state index in [0.29, 0.717) is 17.0 Å². The Labute approximate surface area is 212 Å². The summed E-state index contributed by atoms with van der Waals surface area (Å²) < 4.78 is 73.4. The number of aliphatic imine (C=N–C) groups is 1. The van der Waals surface area contributed by atoms with Crippen molar-refractivity contribution in [2.75, 3.05) is 11.9 Å². The summed E-state index contributed by atoms with van der Waals surface area (Å²) >= 11 is 0. The summed E-state index contributed by atoms with van der Waals surface area (Å²) in [4.78, 5) is 21.3. The van der Waals surface area contributed by atoms with E-state index in [-0.39, 0.29) is 23.7 Å². The highest BCUT2D eigenvalue weighted by molar-refractivity contribution is 7.94. The van der Waals surface area contributed by atoms with E-state index in [1.807, 2.05) is 0 Å². The second-order valence-corrected chi connectivity index (χ2v) is 12.5. The predicted molar refractivity (Wildman–Crippen MR) is 131 cm³/mol. The van der Waals surface area contributed by atoms with Gasteiger partial charge in [-0.15, -0.1) is 0 Å². The fraction of sp³-hybridized carbons (Fsp3) is 0.458. The first-order valence-corrected chi connectivity index (χ1v) is 13.0. The number of nitrogens with two attached hydrogens (primary N) is 1. The molecule has 3 heterocycles. The summed E-state index contributed by atoms with van der Waals surface area (Å²) in [5.74, 6) is -0.363. The lowest BCUT2D eigenvalue weighted by Crippen LogP contribution is -2.60. The van der Waals surface area contributed by atoms with Crippen LogP contribution in [-0.2, 0) is 15.4 Å². The van der Waals surface area contributed by atoms with E-state index in [0.717, 1.165) is 6.20 Å². The Balaban J connectivity index is 1.65. The summed E-state index contributed by atoms with van der Waals surface area (Å²) in [5, 5.41) is 1.75. The number of ether oxygens (including phenoxy) is 2. The van der Waals surface area contributed by atoms with Crippen LogP contribution in [0.3, 0.4) is 0 Å². The molecule has 37 heavy (non-hydrogen) atoms. The third-order valence-corrected chi connectivity index (χ3v) is 9.74. The van der Waals surface area contributed by atoms with Gasteiger partial charge in [0.15, 0.2) is 16.4 Å². The van der Waals surface area contributed by atoms with Gasteiger partial charge in [0.2, 0.25) is 0 Å². The Kier molecular flexibility index (Phi) is 6.42. The number of carbonyl (C=O) groups is 1. The standard InChI is InChI=1S/C24H27F3N4O5S/c1-13-9-19-23(4,31-21(28)22(2,3)37(19,33)34)16-10-14(5-8-18(16)36-13)30-20(32)17-7-6-15(11-29-17)35-12-24(25,26)27/h5-8,10-11,13,19H,9,12H2,1-4H3,(H2,28,31)(H,30,32)/t13-,19+,23+/m0/s1. The molecular weight excluding hydrogens is 513 g/mol. The number of sulfone groups is 1. The molecule has 2 aliphatic heterocycles. The van der Waals surface area contributed by atoms with Gasteiger partial charge in [0.05, 0.1) is 17.6 Å². The van der Waals surface area contributed by atoms with Crippen molar-refractivity contribution in [1.29, 1.82) is 0 Å². The molecule has 1 aromatic carbocycles. The van der Waals surface area contributed by atoms with Crippen LogP contribution in [-0.4, -0.2) is 54.0 Å². The molecule has 0 aliphatic carbocycles. The topological polar surface area (TPSA) is 133 Å². The number of benzene rings is 1. The number of alkyl halides is 3. The first-order valence-electron chi connectivity index (χ1n) is 11.4. The average molecular weight is 541 g/mol. The van der Waals surface area contributed by atoms with Gasteiger partial charge < -0.3 is 20.5 Å². The van der Waals surface area contributed by atoms with E-state index in [2.05, 4.69) is 20.0 Å². The van der Waals surface area contributed by atoms with Crippen molar-refractivity contribution in [2.45, 2.75) is 61.9 Å². The van der Waals surface area contributed by atoms with Crippen molar-refractivity contribution in [3.05, 3.63) is 47.8 Å². The lowest BCUT2D eigenvalue weighted by Gasteiger charge is -2.43. The van der Waals surface area contributed by atoms with Crippen LogP contribution in [0.5, 0.6) is 11.5 Å². The molecule has 9 nitrogen and oxygen atoms in total. The Hall–Kier alpha value is -3.35. The predicted octanol–water partition coefficient (Wildman–Crippen LogP) is 3.59. The van der Waals surface area contributed by atoms with Gasteiger partial charge in [-0.25, -0.2) is 13.4 Å². The maximum Gasteiger partial charge on any atom is 0.422 e. The zero-order valence-electron chi connectivity index (χ0n) is 20.6. The average Bonchev–Trinajstić information content (AvgIpc) is 2.91. The number of nitrogens with one attached hydrogen (secondary N) is 1. The fourth-order valence-corrected chi connectivity index (χ4v) is 6.84. The van der Waals surface area contributed by atoms with E-state index in [4.69, 9.17) is 10.5 Å². The summed E-state index contributed by atoms with van der Waals surface area (Å²) in [7, 11) is -3.78. The van der Waals surface area contributed by atoms with Crippen molar-refractivity contribution in [3.63, 3.8) is 0 Å². The molecule has 1 amide bonds. The number of rotatable bonds is 4. The Morgan fingerprint density at radius 3 is 2.57 bits per heavy atom. The lowest BCUT2D eigenvalue weighted by molar-refractivity contribution is -0.153. The highest BCUT2D eigenvalue weighted by Crippen LogP contribution is 2.49. The number of nitrogens with zero attached hydrogens (tertiary/aromatic N) is 2. The van der Waals surface area contributed by atoms with E-state index < -0.39 is 50.2 Å². The number of pyridine rings is 1. The maximum atomic E-state index is 13.6. The molecule has 0 radical (unpaired) electrons. The van der Waals surface area contributed by atoms with Gasteiger partial charge in [-0.05, 0) is 58.0 Å². The quantitative estimate of drug-likeness (QED) is 0.606. The van der Waals surface area contributed by atoms with Crippen LogP contribution < -0.4 is 20.5 Å². The Bertz CT molecular complexity index is 1360. The van der Waals surface area contributed by atoms with Crippen molar-refractivity contribution in [1.82, 2.24) is 4.98 Å². The number of hydrogen-bond acceptors (Lipinski definition) is 8. The minimum atomic E-state index is -4.50. The molecule has 0 spiro atoms. The number of aromatic nitrogens is 1. The normalized spacial score (nSPS) is 26.0. The highest BCUT2D eigenvalue weighted by Gasteiger charge is 2.58. The second-order valence-electron chi connectivity index (χ2n) is 9.80. The molecular formula is C24H27F3N4O5S. The molecule has 0 saturated heterocycles. The number of fused-ring (bicyclic) bond motifs is 3. The van der Waals surface area contributed by atoms with Crippen molar-refractivity contribution in [2.24, 2.45) is 10.7 Å². The number of hydrogen-bond donors (Lipinski definition) is 2. The first kappa shape index (κ1) is 26.7. The molecule has 2 aliphatic rings. The molecule has 0 unspecified atom stereocenters. The molecule has 3 N–H and O–H groups in total. The van der Waals surface area contributed by atoms with E-state index in [9.17, 15) is 26.4 Å². The number of anilines is 1. The van der Waals surface area contributed by atoms with Crippen molar-refractivity contribution in [3.8, 4) is 11.5 Å². The lowest BCUT2D eigenvalue weighted by atomic mass is 9.85. The van der Waals surface area contributed by atoms with E-state index in [1.165, 1.54) is 26.0 Å².